The summed E-state index contributed by atoms with van der Waals surface area (Å²) in [5, 5.41) is 37.8. The van der Waals surface area contributed by atoms with Crippen LogP contribution in [0.3, 0.4) is 0 Å². The highest BCUT2D eigenvalue weighted by molar-refractivity contribution is 5.86. The molecule has 0 amide bonds. The fourth-order valence-corrected chi connectivity index (χ4v) is 3.94. The molecule has 0 aliphatic heterocycles. The van der Waals surface area contributed by atoms with Crippen LogP contribution in [-0.2, 0) is 5.54 Å². The Kier molecular flexibility index (Phi) is 11.8. The van der Waals surface area contributed by atoms with Crippen LogP contribution in [0.15, 0.2) is 60.7 Å². The Morgan fingerprint density at radius 2 is 1.10 bits per heavy atom. The molecular formula is C31H31F3N6O9. The van der Waals surface area contributed by atoms with Crippen molar-refractivity contribution < 1.29 is 57.1 Å². The number of hydrogen-bond donors (Lipinski definition) is 3. The molecule has 0 bridgehead atoms. The van der Waals surface area contributed by atoms with E-state index in [1.165, 1.54) is 56.3 Å². The fourth-order valence-electron chi connectivity index (χ4n) is 3.94. The highest BCUT2D eigenvalue weighted by Gasteiger charge is 2.22. The van der Waals surface area contributed by atoms with E-state index in [2.05, 4.69) is 15.3 Å². The number of carbonyl (C=O) groups is 3. The predicted molar refractivity (Wildman–Crippen MR) is 165 cm³/mol. The lowest BCUT2D eigenvalue weighted by Crippen LogP contribution is -2.24. The minimum absolute atomic E-state index is 0.00287. The van der Waals surface area contributed by atoms with Crippen molar-refractivity contribution in [3.63, 3.8) is 0 Å². The number of benzene rings is 2. The molecule has 0 saturated heterocycles. The summed E-state index contributed by atoms with van der Waals surface area (Å²) in [6.45, 7) is 5.77. The van der Waals surface area contributed by atoms with Gasteiger partial charge in [-0.2, -0.15) is 20.0 Å². The maximum Gasteiger partial charge on any atom is 0.356 e. The molecule has 0 fully saturated rings. The number of aromatic nitrogens is 6. The number of ether oxygens (including phenoxy) is 3. The van der Waals surface area contributed by atoms with Crippen molar-refractivity contribution >= 4 is 17.9 Å². The van der Waals surface area contributed by atoms with E-state index in [4.69, 9.17) is 29.5 Å². The quantitative estimate of drug-likeness (QED) is 0.200. The zero-order valence-corrected chi connectivity index (χ0v) is 26.9. The predicted octanol–water partition coefficient (Wildman–Crippen LogP) is 4.92. The number of nitrogens with zero attached hydrogens (tertiary/aromatic N) is 6. The molecule has 5 rings (SSSR count). The van der Waals surface area contributed by atoms with E-state index in [-0.39, 0.29) is 40.1 Å². The van der Waals surface area contributed by atoms with Crippen LogP contribution in [0.4, 0.5) is 13.2 Å². The van der Waals surface area contributed by atoms with Crippen molar-refractivity contribution in [2.24, 2.45) is 0 Å². The highest BCUT2D eigenvalue weighted by Crippen LogP contribution is 2.24. The third-order valence-electron chi connectivity index (χ3n) is 6.14. The van der Waals surface area contributed by atoms with Gasteiger partial charge in [-0.1, -0.05) is 6.07 Å². The molecule has 0 aliphatic carbocycles. The Morgan fingerprint density at radius 1 is 0.633 bits per heavy atom. The maximum absolute atomic E-state index is 13.6. The minimum atomic E-state index is -1.29. The molecule has 260 valence electrons. The third kappa shape index (κ3) is 9.15. The summed E-state index contributed by atoms with van der Waals surface area (Å²) in [6, 6.07) is 12.2. The van der Waals surface area contributed by atoms with Crippen LogP contribution in [0.25, 0.3) is 11.4 Å². The molecule has 15 nitrogen and oxygen atoms in total. The summed E-state index contributed by atoms with van der Waals surface area (Å²) in [6.07, 6.45) is 0. The highest BCUT2D eigenvalue weighted by atomic mass is 19.1. The molecular weight excluding hydrogens is 657 g/mol. The summed E-state index contributed by atoms with van der Waals surface area (Å²) >= 11 is 0. The number of hydrogen-bond acceptors (Lipinski definition) is 9. The van der Waals surface area contributed by atoms with Crippen molar-refractivity contribution in [2.75, 3.05) is 21.3 Å². The zero-order chi connectivity index (χ0) is 36.6. The van der Waals surface area contributed by atoms with E-state index in [9.17, 15) is 27.6 Å². The average molecular weight is 689 g/mol. The smallest absolute Gasteiger partial charge is 0.356 e. The van der Waals surface area contributed by atoms with Crippen LogP contribution in [0.1, 0.15) is 52.2 Å². The lowest BCUT2D eigenvalue weighted by Gasteiger charge is -2.20. The molecule has 3 N–H and O–H groups in total. The van der Waals surface area contributed by atoms with Crippen molar-refractivity contribution in [2.45, 2.75) is 26.3 Å². The van der Waals surface area contributed by atoms with Gasteiger partial charge in [0, 0.05) is 24.3 Å². The monoisotopic (exact) mass is 688 g/mol. The van der Waals surface area contributed by atoms with E-state index >= 15 is 0 Å². The molecule has 49 heavy (non-hydrogen) atoms. The number of carboxylic acid groups (broad SMARTS) is 3. The Labute approximate surface area is 276 Å². The standard InChI is InChI=1S/C11H8F2N2O3.C11H9FN2O3.C9H14N2O3/c1-18-10-5-8(11(16)17)14-15(10)9-4-6(12)2-3-7(9)13;1-17-10-6-9(11(15)16)13-14(10)8-4-2-3-7(12)5-8;1-9(2,3)11-7(14-4)5-6(10-11)8(12)13/h2-5H,1H3,(H,16,17);2-6H,1H3,(H,15,16);5H,1-4H3,(H,12,13). The zero-order valence-electron chi connectivity index (χ0n) is 26.9. The van der Waals surface area contributed by atoms with E-state index in [0.717, 1.165) is 28.9 Å². The number of methoxy groups -OCH3 is 3. The van der Waals surface area contributed by atoms with Crippen LogP contribution in [0, 0.1) is 17.5 Å². The second-order valence-corrected chi connectivity index (χ2v) is 10.6. The van der Waals surface area contributed by atoms with Gasteiger partial charge in [0.05, 0.1) is 32.6 Å². The van der Waals surface area contributed by atoms with Crippen LogP contribution in [0.2, 0.25) is 0 Å². The molecule has 3 aromatic heterocycles. The first-order valence-corrected chi connectivity index (χ1v) is 13.8. The van der Waals surface area contributed by atoms with Crippen molar-refractivity contribution in [1.82, 2.24) is 29.3 Å². The summed E-state index contributed by atoms with van der Waals surface area (Å²) in [7, 11) is 4.15. The van der Waals surface area contributed by atoms with Gasteiger partial charge in [-0.25, -0.2) is 36.9 Å². The van der Waals surface area contributed by atoms with Crippen LogP contribution in [0.5, 0.6) is 17.6 Å². The maximum atomic E-state index is 13.6. The first-order valence-electron chi connectivity index (χ1n) is 13.8. The molecule has 0 unspecified atom stereocenters. The summed E-state index contributed by atoms with van der Waals surface area (Å²) in [5.41, 5.74) is -0.605. The minimum Gasteiger partial charge on any atom is -0.481 e. The molecule has 5 aromatic rings. The average Bonchev–Trinajstić information content (AvgIpc) is 3.79. The van der Waals surface area contributed by atoms with Gasteiger partial charge in [0.2, 0.25) is 17.6 Å². The van der Waals surface area contributed by atoms with Gasteiger partial charge in [0.15, 0.2) is 17.1 Å². The number of rotatable bonds is 8. The number of halogens is 3. The molecule has 0 saturated carbocycles. The topological polar surface area (TPSA) is 193 Å². The molecule has 0 atom stereocenters. The van der Waals surface area contributed by atoms with Gasteiger partial charge in [0.1, 0.15) is 23.1 Å². The molecule has 3 heterocycles. The second kappa shape index (κ2) is 15.5. The van der Waals surface area contributed by atoms with Crippen molar-refractivity contribution in [3.05, 3.63) is 95.2 Å². The van der Waals surface area contributed by atoms with E-state index in [0.29, 0.717) is 11.6 Å². The van der Waals surface area contributed by atoms with Crippen molar-refractivity contribution in [3.8, 4) is 29.0 Å². The first-order chi connectivity index (χ1) is 23.0. The van der Waals surface area contributed by atoms with Gasteiger partial charge in [-0.3, -0.25) is 0 Å². The van der Waals surface area contributed by atoms with Gasteiger partial charge >= 0.3 is 17.9 Å². The molecule has 0 radical (unpaired) electrons. The Balaban J connectivity index is 0.000000201. The van der Waals surface area contributed by atoms with Crippen LogP contribution < -0.4 is 14.2 Å². The summed E-state index contributed by atoms with van der Waals surface area (Å²) < 4.78 is 58.2. The van der Waals surface area contributed by atoms with E-state index < -0.39 is 35.4 Å². The Hall–Kier alpha value is -6.33. The van der Waals surface area contributed by atoms with E-state index in [1.807, 2.05) is 20.8 Å². The van der Waals surface area contributed by atoms with Crippen LogP contribution in [-0.4, -0.2) is 83.9 Å². The fraction of sp³-hybridized carbons (Fsp3) is 0.226. The molecule has 18 heteroatoms. The van der Waals surface area contributed by atoms with Gasteiger partial charge in [0.25, 0.3) is 0 Å². The normalized spacial score (nSPS) is 10.6. The van der Waals surface area contributed by atoms with E-state index in [1.54, 1.807) is 10.7 Å². The lowest BCUT2D eigenvalue weighted by molar-refractivity contribution is 0.0678. The number of aromatic carboxylic acids is 3. The van der Waals surface area contributed by atoms with Gasteiger partial charge < -0.3 is 29.5 Å². The second-order valence-electron chi connectivity index (χ2n) is 10.6. The third-order valence-corrected chi connectivity index (χ3v) is 6.14. The van der Waals surface area contributed by atoms with Gasteiger partial charge in [-0.05, 0) is 51.1 Å². The summed E-state index contributed by atoms with van der Waals surface area (Å²) in [5.74, 6) is -4.67. The Morgan fingerprint density at radius 3 is 1.57 bits per heavy atom. The molecule has 2 aromatic carbocycles. The van der Waals surface area contributed by atoms with Gasteiger partial charge in [-0.15, -0.1) is 0 Å². The largest absolute Gasteiger partial charge is 0.481 e. The SMILES string of the molecule is COc1cc(C(=O)O)nn1-c1cc(F)ccc1F.COc1cc(C(=O)O)nn1-c1cccc(F)c1.COc1cc(C(=O)O)nn1C(C)(C)C. The molecule has 0 aliphatic rings. The van der Waals surface area contributed by atoms with Crippen LogP contribution >= 0.6 is 0 Å². The summed E-state index contributed by atoms with van der Waals surface area (Å²) in [4.78, 5) is 32.2. The molecule has 0 spiro atoms. The lowest BCUT2D eigenvalue weighted by atomic mass is 10.1. The Bertz CT molecular complexity index is 1960. The first kappa shape index (κ1) is 37.1. The number of carboxylic acids is 3. The van der Waals surface area contributed by atoms with Crippen molar-refractivity contribution in [1.29, 1.82) is 0 Å².